The van der Waals surface area contributed by atoms with Crippen molar-refractivity contribution in [3.63, 3.8) is 0 Å². The summed E-state index contributed by atoms with van der Waals surface area (Å²) < 4.78 is 26.8. The van der Waals surface area contributed by atoms with E-state index in [1.54, 1.807) is 35.4 Å². The minimum Gasteiger partial charge on any atom is -0.494 e. The molecule has 22 heteroatoms. The topological polar surface area (TPSA) is 334 Å². The number of benzene rings is 6. The largest absolute Gasteiger partial charge is 0.494 e. The predicted octanol–water partition coefficient (Wildman–Crippen LogP) is 13.9. The number of aromatic nitrogens is 3. The Labute approximate surface area is 529 Å². The van der Waals surface area contributed by atoms with Crippen molar-refractivity contribution in [1.29, 1.82) is 15.8 Å². The Kier molecular flexibility index (Phi) is 22.0. The molecule has 2 atom stereocenters. The molecule has 0 bridgehead atoms. The summed E-state index contributed by atoms with van der Waals surface area (Å²) in [6, 6.07) is 41.6. The maximum Gasteiger partial charge on any atom is 0.337 e. The summed E-state index contributed by atoms with van der Waals surface area (Å²) >= 11 is 0. The molecule has 3 aromatic heterocycles. The molecule has 1 fully saturated rings. The molecule has 92 heavy (non-hydrogen) atoms. The first-order chi connectivity index (χ1) is 44.2. The number of rotatable bonds is 20. The molecule has 6 aromatic carbocycles. The zero-order valence-electron chi connectivity index (χ0n) is 51.4. The number of aromatic carboxylic acids is 3. The zero-order valence-corrected chi connectivity index (χ0v) is 51.4. The number of carbonyl (C=O) groups excluding carboxylic acids is 3. The Morgan fingerprint density at radius 1 is 0.598 bits per heavy atom. The van der Waals surface area contributed by atoms with Crippen molar-refractivity contribution in [2.75, 3.05) is 22.6 Å². The number of hydrogen-bond donors (Lipinski definition) is 6. The van der Waals surface area contributed by atoms with E-state index in [9.17, 15) is 44.1 Å². The van der Waals surface area contributed by atoms with E-state index >= 15 is 0 Å². The number of carboxylic acids is 3. The van der Waals surface area contributed by atoms with E-state index in [1.165, 1.54) is 79.9 Å². The second-order valence-corrected chi connectivity index (χ2v) is 21.8. The van der Waals surface area contributed by atoms with E-state index < -0.39 is 35.6 Å². The summed E-state index contributed by atoms with van der Waals surface area (Å²) in [6.07, 6.45) is 9.08. The average molecular weight is 1240 g/mol. The number of aryl methyl sites for hydroxylation is 2. The lowest BCUT2D eigenvalue weighted by Crippen LogP contribution is -2.25. The first kappa shape index (κ1) is 66.3. The number of anilines is 3. The van der Waals surface area contributed by atoms with Crippen LogP contribution in [0.3, 0.4) is 0 Å². The van der Waals surface area contributed by atoms with E-state index in [-0.39, 0.29) is 68.3 Å². The molecule has 22 nitrogen and oxygen atoms in total. The zero-order chi connectivity index (χ0) is 66.2. The number of unbranched alkanes of at least 4 members (excludes halogenated alkanes) is 1. The summed E-state index contributed by atoms with van der Waals surface area (Å²) in [5.74, 6) is -2.22. The molecular weight excluding hydrogens is 1170 g/mol. The Morgan fingerprint density at radius 2 is 1.08 bits per heavy atom. The van der Waals surface area contributed by atoms with Crippen LogP contribution in [0.1, 0.15) is 158 Å². The van der Waals surface area contributed by atoms with Crippen LogP contribution in [0.5, 0.6) is 17.2 Å². The van der Waals surface area contributed by atoms with Crippen LogP contribution in [0.25, 0.3) is 33.1 Å². The van der Waals surface area contributed by atoms with Crippen LogP contribution >= 0.6 is 0 Å². The van der Waals surface area contributed by atoms with Crippen LogP contribution < -0.4 is 30.2 Å². The van der Waals surface area contributed by atoms with Crippen molar-refractivity contribution < 1.29 is 62.8 Å². The molecule has 10 rings (SSSR count). The lowest BCUT2D eigenvalue weighted by atomic mass is 9.86. The monoisotopic (exact) mass is 1240 g/mol. The first-order valence-corrected chi connectivity index (χ1v) is 29.7. The molecule has 1 aliphatic carbocycles. The first-order valence-electron chi connectivity index (χ1n) is 29.7. The van der Waals surface area contributed by atoms with Gasteiger partial charge in [-0.1, -0.05) is 56.8 Å². The van der Waals surface area contributed by atoms with Crippen molar-refractivity contribution >= 4 is 74.5 Å². The van der Waals surface area contributed by atoms with Gasteiger partial charge in [0.2, 0.25) is 0 Å². The summed E-state index contributed by atoms with van der Waals surface area (Å²) in [6.45, 7) is 8.85. The Bertz CT molecular complexity index is 4380. The van der Waals surface area contributed by atoms with Crippen LogP contribution in [-0.2, 0) is 14.1 Å². The van der Waals surface area contributed by atoms with Crippen LogP contribution in [-0.4, -0.2) is 84.1 Å². The van der Waals surface area contributed by atoms with Crippen LogP contribution in [0, 0.1) is 39.9 Å². The van der Waals surface area contributed by atoms with E-state index in [2.05, 4.69) is 35.0 Å². The summed E-state index contributed by atoms with van der Waals surface area (Å²) in [5, 5.41) is 68.5. The van der Waals surface area contributed by atoms with Gasteiger partial charge in [0.05, 0.1) is 104 Å². The van der Waals surface area contributed by atoms with Gasteiger partial charge in [-0.3, -0.25) is 14.4 Å². The van der Waals surface area contributed by atoms with Gasteiger partial charge in [0.15, 0.2) is 11.5 Å². The molecule has 0 saturated heterocycles. The van der Waals surface area contributed by atoms with Gasteiger partial charge in [0, 0.05) is 43.1 Å². The number of hydrogen-bond acceptors (Lipinski definition) is 14. The smallest absolute Gasteiger partial charge is 0.337 e. The van der Waals surface area contributed by atoms with Gasteiger partial charge in [-0.2, -0.15) is 15.8 Å². The third-order valence-electron chi connectivity index (χ3n) is 15.6. The highest BCUT2D eigenvalue weighted by Gasteiger charge is 2.26. The SMILES string of the molecule is CC(Oc1ccccc1-c1cc(C(=O)Nc2ccc(C#N)cc2C(=O)O)no1)C1CCCCC1.CCC(C)Oc1ccc2cc(C(=O)Nc3ccc(C#N)cc3C(=O)O)n(C)c2c1.CCCCOc1ccc2cc(C(=O)Nc3ccc(C#N)cc3C(=O)O)n(C)c2c1. The van der Waals surface area contributed by atoms with Crippen LogP contribution in [0.15, 0.2) is 138 Å². The minimum atomic E-state index is -1.26. The van der Waals surface area contributed by atoms with Crippen molar-refractivity contribution in [3.8, 4) is 46.8 Å². The molecule has 0 radical (unpaired) electrons. The number of nitrogens with one attached hydrogen (secondary N) is 3. The number of nitriles is 3. The molecule has 6 N–H and O–H groups in total. The summed E-state index contributed by atoms with van der Waals surface area (Å²) in [5.41, 5.74) is 3.55. The number of nitrogens with zero attached hydrogens (tertiary/aromatic N) is 6. The quantitative estimate of drug-likeness (QED) is 0.0386. The highest BCUT2D eigenvalue weighted by Crippen LogP contribution is 2.35. The second-order valence-electron chi connectivity index (χ2n) is 21.8. The van der Waals surface area contributed by atoms with Gasteiger partial charge in [-0.25, -0.2) is 14.4 Å². The predicted molar refractivity (Wildman–Crippen MR) is 343 cm³/mol. The molecule has 470 valence electrons. The maximum absolute atomic E-state index is 12.8. The standard InChI is InChI=1S/C26H25N3O5.2C22H21N3O4/c1-16(18-7-3-2-4-8-18)33-23-10-6-5-9-19(23)24-14-22(29-34-24)25(30)28-21-12-11-17(15-27)13-20(21)26(31)32;1-4-13(2)29-16-7-6-15-10-20(25(3)19(15)11-16)21(26)24-18-8-5-14(12-23)9-17(18)22(27)28;1-3-4-9-29-16-7-6-15-11-20(25(2)19(15)12-16)21(26)24-18-8-5-14(13-23)10-17(18)22(27)28/h5-6,9-14,16,18H,2-4,7-8H2,1H3,(H,28,30)(H,31,32);5-11,13H,4H2,1-3H3,(H,24,26)(H,27,28);5-8,10-12H,3-4,9H2,1-2H3,(H,24,26)(H,27,28). The van der Waals surface area contributed by atoms with E-state index in [0.29, 0.717) is 41.0 Å². The average Bonchev–Trinajstić information content (AvgIpc) is 1.67. The molecular formula is C70H67N9O13. The summed E-state index contributed by atoms with van der Waals surface area (Å²) in [7, 11) is 3.53. The molecule has 3 amide bonds. The van der Waals surface area contributed by atoms with Crippen molar-refractivity contribution in [1.82, 2.24) is 14.3 Å². The molecule has 3 heterocycles. The van der Waals surface area contributed by atoms with Crippen molar-refractivity contribution in [3.05, 3.63) is 184 Å². The number of ether oxygens (including phenoxy) is 3. The van der Waals surface area contributed by atoms with Crippen molar-refractivity contribution in [2.45, 2.75) is 91.3 Å². The molecule has 0 spiro atoms. The fourth-order valence-electron chi connectivity index (χ4n) is 10.3. The van der Waals surface area contributed by atoms with Gasteiger partial charge < -0.3 is 59.1 Å². The molecule has 2 unspecified atom stereocenters. The van der Waals surface area contributed by atoms with Crippen LogP contribution in [0.4, 0.5) is 17.1 Å². The number of amides is 3. The van der Waals surface area contributed by atoms with Gasteiger partial charge in [-0.15, -0.1) is 0 Å². The fraction of sp³-hybridized carbons (Fsp3) is 0.257. The Morgan fingerprint density at radius 3 is 1.55 bits per heavy atom. The maximum atomic E-state index is 12.8. The molecule has 1 saturated carbocycles. The molecule has 1 aliphatic rings. The highest BCUT2D eigenvalue weighted by molar-refractivity contribution is 6.11. The van der Waals surface area contributed by atoms with Gasteiger partial charge >= 0.3 is 17.9 Å². The number of carboxylic acid groups (broad SMARTS) is 3. The Balaban J connectivity index is 0.000000178. The van der Waals surface area contributed by atoms with Gasteiger partial charge in [0.25, 0.3) is 17.7 Å². The number of carbonyl (C=O) groups is 6. The van der Waals surface area contributed by atoms with Crippen LogP contribution in [0.2, 0.25) is 0 Å². The van der Waals surface area contributed by atoms with E-state index in [4.69, 9.17) is 34.5 Å². The normalized spacial score (nSPS) is 12.4. The summed E-state index contributed by atoms with van der Waals surface area (Å²) in [4.78, 5) is 72.9. The third-order valence-corrected chi connectivity index (χ3v) is 15.6. The lowest BCUT2D eigenvalue weighted by molar-refractivity contribution is 0.0687. The molecule has 9 aromatic rings. The van der Waals surface area contributed by atoms with E-state index in [0.717, 1.165) is 65.4 Å². The van der Waals surface area contributed by atoms with E-state index in [1.807, 2.05) is 92.7 Å². The number of fused-ring (bicyclic) bond motifs is 2. The van der Waals surface area contributed by atoms with Crippen molar-refractivity contribution in [2.24, 2.45) is 20.0 Å². The van der Waals surface area contributed by atoms with Gasteiger partial charge in [0.1, 0.15) is 28.6 Å². The second kappa shape index (κ2) is 30.5. The minimum absolute atomic E-state index is 0.00849. The number of para-hydroxylation sites is 1. The van der Waals surface area contributed by atoms with Gasteiger partial charge in [-0.05, 0) is 149 Å². The Hall–Kier alpha value is -11.7. The fourth-order valence-corrected chi connectivity index (χ4v) is 10.3. The highest BCUT2D eigenvalue weighted by atomic mass is 16.5. The third kappa shape index (κ3) is 16.1. The lowest BCUT2D eigenvalue weighted by Gasteiger charge is -2.28. The molecule has 0 aliphatic heterocycles.